The van der Waals surface area contributed by atoms with E-state index in [-0.39, 0.29) is 42.8 Å². The average Bonchev–Trinajstić information content (AvgIpc) is 3.75. The Morgan fingerprint density at radius 3 is 2.51 bits per heavy atom. The molecule has 3 amide bonds. The van der Waals surface area contributed by atoms with Gasteiger partial charge in [0.25, 0.3) is 5.91 Å². The summed E-state index contributed by atoms with van der Waals surface area (Å²) in [6, 6.07) is 20.9. The van der Waals surface area contributed by atoms with E-state index in [0.717, 1.165) is 10.8 Å². The third-order valence-corrected chi connectivity index (χ3v) is 11.3. The zero-order chi connectivity index (χ0) is 36.3. The van der Waals surface area contributed by atoms with Crippen molar-refractivity contribution in [3.8, 4) is 0 Å². The van der Waals surface area contributed by atoms with Crippen LogP contribution in [0.25, 0.3) is 10.8 Å². The standard InChI is InChI=1S/C40H44BrN3O7/c1-4-7-17-32(46)42-23-31(26-14-9-8-10-15-26)50-39(49)33-34-37(47)44(28(6-3)24-45)36(40(34)22-30(41)35(33)51-40)38(48)43(20-5-2)29-19-18-25-13-11-12-16-27(25)21-29/h4-5,8-16,18-19,21,28,30-31,33-36,45H,1-2,6-7,17,20,22-24H2,3H3,(H,42,46)/t28-,30?,31+,33-,34+,35-,36-,40+/m0/s1. The van der Waals surface area contributed by atoms with E-state index in [1.165, 1.54) is 4.90 Å². The van der Waals surface area contributed by atoms with Crippen molar-refractivity contribution < 1.29 is 33.8 Å². The van der Waals surface area contributed by atoms with Gasteiger partial charge in [-0.25, -0.2) is 0 Å². The number of ether oxygens (including phenoxy) is 2. The van der Waals surface area contributed by atoms with Crippen LogP contribution in [0.15, 0.2) is 98.1 Å². The van der Waals surface area contributed by atoms with Gasteiger partial charge in [0.1, 0.15) is 17.7 Å². The highest BCUT2D eigenvalue weighted by Crippen LogP contribution is 2.61. The summed E-state index contributed by atoms with van der Waals surface area (Å²) in [5.41, 5.74) is -0.0580. The van der Waals surface area contributed by atoms with Gasteiger partial charge in [-0.3, -0.25) is 19.2 Å². The number of anilines is 1. The summed E-state index contributed by atoms with van der Waals surface area (Å²) in [5, 5.41) is 15.3. The second-order valence-electron chi connectivity index (χ2n) is 13.4. The number of carbonyl (C=O) groups excluding carboxylic acids is 4. The van der Waals surface area contributed by atoms with Gasteiger partial charge in [0.15, 0.2) is 0 Å². The second-order valence-corrected chi connectivity index (χ2v) is 14.6. The van der Waals surface area contributed by atoms with E-state index < -0.39 is 53.6 Å². The number of hydrogen-bond acceptors (Lipinski definition) is 7. The fourth-order valence-corrected chi connectivity index (χ4v) is 8.95. The number of likely N-dealkylation sites (tertiary alicyclic amines) is 1. The second kappa shape index (κ2) is 15.5. The number of halogens is 1. The summed E-state index contributed by atoms with van der Waals surface area (Å²) in [7, 11) is 0. The molecule has 0 saturated carbocycles. The molecule has 3 aliphatic heterocycles. The predicted molar refractivity (Wildman–Crippen MR) is 198 cm³/mol. The highest BCUT2D eigenvalue weighted by Gasteiger charge is 2.77. The smallest absolute Gasteiger partial charge is 0.313 e. The lowest BCUT2D eigenvalue weighted by molar-refractivity contribution is -0.160. The molecule has 11 heteroatoms. The zero-order valence-electron chi connectivity index (χ0n) is 28.7. The summed E-state index contributed by atoms with van der Waals surface area (Å²) in [4.78, 5) is 59.3. The number of hydrogen-bond donors (Lipinski definition) is 2. The molecule has 1 unspecified atom stereocenters. The maximum absolute atomic E-state index is 15.0. The fourth-order valence-electron chi connectivity index (χ4n) is 8.01. The van der Waals surface area contributed by atoms with Gasteiger partial charge in [-0.15, -0.1) is 13.2 Å². The molecule has 3 fully saturated rings. The number of nitrogens with one attached hydrogen (secondary N) is 1. The lowest BCUT2D eigenvalue weighted by Crippen LogP contribution is -2.59. The molecule has 2 N–H and O–H groups in total. The van der Waals surface area contributed by atoms with Crippen LogP contribution in [-0.2, 0) is 28.7 Å². The van der Waals surface area contributed by atoms with Crippen LogP contribution in [0.3, 0.4) is 0 Å². The zero-order valence-corrected chi connectivity index (χ0v) is 30.2. The lowest BCUT2D eigenvalue weighted by atomic mass is 9.70. The van der Waals surface area contributed by atoms with E-state index in [1.54, 1.807) is 17.1 Å². The number of rotatable bonds is 15. The number of amides is 3. The van der Waals surface area contributed by atoms with Gasteiger partial charge >= 0.3 is 5.97 Å². The van der Waals surface area contributed by atoms with Crippen LogP contribution in [0.2, 0.25) is 0 Å². The minimum absolute atomic E-state index is 0.0311. The Morgan fingerprint density at radius 2 is 1.82 bits per heavy atom. The van der Waals surface area contributed by atoms with Gasteiger partial charge in [0.05, 0.1) is 37.1 Å². The molecule has 6 rings (SSSR count). The summed E-state index contributed by atoms with van der Waals surface area (Å²) >= 11 is 3.73. The number of allylic oxidation sites excluding steroid dienone is 1. The highest BCUT2D eigenvalue weighted by atomic mass is 79.9. The quantitative estimate of drug-likeness (QED) is 0.123. The molecule has 2 bridgehead atoms. The number of carbonyl (C=O) groups is 4. The molecule has 3 aromatic rings. The molecule has 3 saturated heterocycles. The van der Waals surface area contributed by atoms with Gasteiger partial charge in [-0.1, -0.05) is 95.7 Å². The molecule has 1 spiro atoms. The highest BCUT2D eigenvalue weighted by molar-refractivity contribution is 9.09. The molecule has 51 heavy (non-hydrogen) atoms. The third kappa shape index (κ3) is 6.74. The summed E-state index contributed by atoms with van der Waals surface area (Å²) in [5.74, 6) is -3.73. The molecule has 0 aliphatic carbocycles. The molecule has 3 aromatic carbocycles. The van der Waals surface area contributed by atoms with Crippen LogP contribution >= 0.6 is 15.9 Å². The van der Waals surface area contributed by atoms with Crippen molar-refractivity contribution in [3.05, 3.63) is 104 Å². The average molecular weight is 759 g/mol. The Kier molecular flexibility index (Phi) is 11.1. The summed E-state index contributed by atoms with van der Waals surface area (Å²) in [6.07, 6.45) is 3.15. The van der Waals surface area contributed by atoms with Crippen molar-refractivity contribution in [1.29, 1.82) is 0 Å². The first-order chi connectivity index (χ1) is 24.7. The van der Waals surface area contributed by atoms with Gasteiger partial charge in [0.2, 0.25) is 11.8 Å². The van der Waals surface area contributed by atoms with Crippen molar-refractivity contribution in [2.75, 3.05) is 24.6 Å². The first kappa shape index (κ1) is 36.5. The monoisotopic (exact) mass is 757 g/mol. The molecular weight excluding hydrogens is 714 g/mol. The molecule has 3 aliphatic rings. The molecular formula is C40H44BrN3O7. The van der Waals surface area contributed by atoms with Crippen molar-refractivity contribution >= 4 is 56.1 Å². The van der Waals surface area contributed by atoms with E-state index in [0.29, 0.717) is 30.5 Å². The first-order valence-corrected chi connectivity index (χ1v) is 18.4. The van der Waals surface area contributed by atoms with E-state index >= 15 is 4.79 Å². The minimum atomic E-state index is -1.36. The van der Waals surface area contributed by atoms with Crippen LogP contribution in [0, 0.1) is 11.8 Å². The number of alkyl halides is 1. The molecule has 3 heterocycles. The summed E-state index contributed by atoms with van der Waals surface area (Å²) < 4.78 is 12.9. The molecule has 268 valence electrons. The van der Waals surface area contributed by atoms with Crippen LogP contribution in [0.4, 0.5) is 5.69 Å². The van der Waals surface area contributed by atoms with E-state index in [4.69, 9.17) is 9.47 Å². The normalized spacial score (nSPS) is 26.0. The number of esters is 1. The van der Waals surface area contributed by atoms with Crippen LogP contribution in [0.5, 0.6) is 0 Å². The third-order valence-electron chi connectivity index (χ3n) is 10.4. The Bertz CT molecular complexity index is 1800. The number of benzene rings is 3. The van der Waals surface area contributed by atoms with Gasteiger partial charge in [-0.2, -0.15) is 0 Å². The van der Waals surface area contributed by atoms with Crippen molar-refractivity contribution in [1.82, 2.24) is 10.2 Å². The van der Waals surface area contributed by atoms with Gasteiger partial charge in [0, 0.05) is 23.5 Å². The molecule has 8 atom stereocenters. The van der Waals surface area contributed by atoms with Crippen LogP contribution < -0.4 is 10.2 Å². The Balaban J connectivity index is 1.36. The maximum Gasteiger partial charge on any atom is 0.313 e. The van der Waals surface area contributed by atoms with Crippen molar-refractivity contribution in [2.24, 2.45) is 11.8 Å². The first-order valence-electron chi connectivity index (χ1n) is 17.5. The topological polar surface area (TPSA) is 125 Å². The number of aliphatic hydroxyl groups is 1. The van der Waals surface area contributed by atoms with Crippen LogP contribution in [0.1, 0.15) is 44.3 Å². The van der Waals surface area contributed by atoms with Crippen molar-refractivity contribution in [2.45, 2.75) is 67.3 Å². The lowest BCUT2D eigenvalue weighted by Gasteiger charge is -2.39. The fraction of sp³-hybridized carbons (Fsp3) is 0.400. The van der Waals surface area contributed by atoms with E-state index in [9.17, 15) is 19.5 Å². The molecule has 0 radical (unpaired) electrons. The Morgan fingerprint density at radius 1 is 1.10 bits per heavy atom. The number of nitrogens with zero attached hydrogens (tertiary/aromatic N) is 2. The summed E-state index contributed by atoms with van der Waals surface area (Å²) in [6.45, 7) is 9.24. The predicted octanol–water partition coefficient (Wildman–Crippen LogP) is 5.24. The van der Waals surface area contributed by atoms with Crippen LogP contribution in [-0.4, -0.2) is 82.0 Å². The SMILES string of the molecule is C=CCCC(=O)NC[C@@H](OC(=O)[C@@H]1[C@H]2O[C@@]3(CC2Br)[C@H](C(=O)N(CC=C)c2ccc4ccccc4c2)N([C@@H](CC)CO)C(=O)[C@@H]13)c1ccccc1. The van der Waals surface area contributed by atoms with Gasteiger partial charge in [-0.05, 0) is 47.7 Å². The van der Waals surface area contributed by atoms with Crippen molar-refractivity contribution in [3.63, 3.8) is 0 Å². The van der Waals surface area contributed by atoms with Gasteiger partial charge < -0.3 is 29.7 Å². The molecule has 0 aromatic heterocycles. The minimum Gasteiger partial charge on any atom is -0.455 e. The Hall–Kier alpha value is -4.32. The molecule has 10 nitrogen and oxygen atoms in total. The largest absolute Gasteiger partial charge is 0.455 e. The number of aliphatic hydroxyl groups excluding tert-OH is 1. The Labute approximate surface area is 306 Å². The van der Waals surface area contributed by atoms with E-state index in [2.05, 4.69) is 34.4 Å². The maximum atomic E-state index is 15.0. The number of fused-ring (bicyclic) bond motifs is 2. The van der Waals surface area contributed by atoms with E-state index in [1.807, 2.05) is 79.7 Å².